The highest BCUT2D eigenvalue weighted by atomic mass is 15.2. The lowest BCUT2D eigenvalue weighted by molar-refractivity contribution is 0.0773. The third-order valence-electron chi connectivity index (χ3n) is 5.52. The number of rotatable bonds is 4. The van der Waals surface area contributed by atoms with Gasteiger partial charge in [-0.15, -0.1) is 0 Å². The maximum Gasteiger partial charge on any atom is 0.0159 e. The fourth-order valence-corrected chi connectivity index (χ4v) is 4.58. The van der Waals surface area contributed by atoms with E-state index in [4.69, 9.17) is 0 Å². The predicted octanol–water partition coefficient (Wildman–Crippen LogP) is 3.52. The molecule has 112 valence electrons. The van der Waals surface area contributed by atoms with Crippen molar-refractivity contribution < 1.29 is 0 Å². The van der Waals surface area contributed by atoms with Crippen molar-refractivity contribution in [2.45, 2.75) is 72.4 Å². The van der Waals surface area contributed by atoms with Crippen LogP contribution in [0.5, 0.6) is 0 Å². The Morgan fingerprint density at radius 3 is 2.58 bits per heavy atom. The molecular formula is C17H34N2. The standard InChI is InChI=1S/C17H34N2/c1-6-18-16-15(8-7-9-17(16,4)5)12-19-11-13(2)10-14(19)3/h13-16,18H,6-12H2,1-5H3. The summed E-state index contributed by atoms with van der Waals surface area (Å²) in [5.41, 5.74) is 0.466. The molecule has 0 radical (unpaired) electrons. The zero-order chi connectivity index (χ0) is 14.0. The van der Waals surface area contributed by atoms with Gasteiger partial charge in [-0.05, 0) is 50.0 Å². The Morgan fingerprint density at radius 1 is 1.26 bits per heavy atom. The van der Waals surface area contributed by atoms with Crippen molar-refractivity contribution in [2.75, 3.05) is 19.6 Å². The summed E-state index contributed by atoms with van der Waals surface area (Å²) in [7, 11) is 0. The topological polar surface area (TPSA) is 15.3 Å². The molecule has 0 aromatic heterocycles. The first-order chi connectivity index (χ1) is 8.94. The lowest BCUT2D eigenvalue weighted by Crippen LogP contribution is -2.53. The van der Waals surface area contributed by atoms with Crippen LogP contribution in [0.1, 0.15) is 60.3 Å². The van der Waals surface area contributed by atoms with Gasteiger partial charge < -0.3 is 10.2 Å². The average molecular weight is 266 g/mol. The Labute approximate surface area is 120 Å². The minimum atomic E-state index is 0.466. The predicted molar refractivity (Wildman–Crippen MR) is 83.4 cm³/mol. The summed E-state index contributed by atoms with van der Waals surface area (Å²) < 4.78 is 0. The Balaban J connectivity index is 2.00. The fraction of sp³-hybridized carbons (Fsp3) is 1.00. The number of nitrogens with zero attached hydrogens (tertiary/aromatic N) is 1. The zero-order valence-corrected chi connectivity index (χ0v) is 13.7. The number of hydrogen-bond acceptors (Lipinski definition) is 2. The van der Waals surface area contributed by atoms with E-state index in [1.807, 2.05) is 0 Å². The Morgan fingerprint density at radius 2 is 2.00 bits per heavy atom. The summed E-state index contributed by atoms with van der Waals surface area (Å²) in [6.07, 6.45) is 5.60. The molecule has 2 rings (SSSR count). The largest absolute Gasteiger partial charge is 0.313 e. The van der Waals surface area contributed by atoms with E-state index in [2.05, 4.69) is 44.8 Å². The molecule has 4 unspecified atom stereocenters. The van der Waals surface area contributed by atoms with Gasteiger partial charge in [0.25, 0.3) is 0 Å². The highest BCUT2D eigenvalue weighted by Gasteiger charge is 2.40. The van der Waals surface area contributed by atoms with E-state index in [-0.39, 0.29) is 0 Å². The van der Waals surface area contributed by atoms with Crippen molar-refractivity contribution in [3.8, 4) is 0 Å². The molecule has 2 heteroatoms. The molecule has 1 aliphatic heterocycles. The number of hydrogen-bond donors (Lipinski definition) is 1. The van der Waals surface area contributed by atoms with Crippen LogP contribution in [-0.2, 0) is 0 Å². The van der Waals surface area contributed by atoms with E-state index >= 15 is 0 Å². The lowest BCUT2D eigenvalue weighted by Gasteiger charge is -2.46. The van der Waals surface area contributed by atoms with Crippen LogP contribution >= 0.6 is 0 Å². The molecule has 19 heavy (non-hydrogen) atoms. The lowest BCUT2D eigenvalue weighted by atomic mass is 9.67. The van der Waals surface area contributed by atoms with E-state index in [1.54, 1.807) is 0 Å². The van der Waals surface area contributed by atoms with E-state index < -0.39 is 0 Å². The van der Waals surface area contributed by atoms with Crippen molar-refractivity contribution in [1.29, 1.82) is 0 Å². The average Bonchev–Trinajstić information content (AvgIpc) is 2.62. The minimum absolute atomic E-state index is 0.466. The second-order valence-electron chi connectivity index (χ2n) is 7.82. The molecular weight excluding hydrogens is 232 g/mol. The molecule has 2 nitrogen and oxygen atoms in total. The third-order valence-corrected chi connectivity index (χ3v) is 5.52. The van der Waals surface area contributed by atoms with Gasteiger partial charge in [-0.2, -0.15) is 0 Å². The minimum Gasteiger partial charge on any atom is -0.313 e. The molecule has 0 amide bonds. The van der Waals surface area contributed by atoms with Crippen LogP contribution in [0.25, 0.3) is 0 Å². The van der Waals surface area contributed by atoms with Crippen molar-refractivity contribution in [3.05, 3.63) is 0 Å². The summed E-state index contributed by atoms with van der Waals surface area (Å²) in [4.78, 5) is 2.75. The monoisotopic (exact) mass is 266 g/mol. The van der Waals surface area contributed by atoms with Gasteiger partial charge in [0.1, 0.15) is 0 Å². The Hall–Kier alpha value is -0.0800. The fourth-order valence-electron chi connectivity index (χ4n) is 4.58. The molecule has 1 heterocycles. The zero-order valence-electron chi connectivity index (χ0n) is 13.7. The van der Waals surface area contributed by atoms with E-state index in [0.717, 1.165) is 24.4 Å². The van der Waals surface area contributed by atoms with Crippen LogP contribution < -0.4 is 5.32 Å². The first-order valence-corrected chi connectivity index (χ1v) is 8.41. The second kappa shape index (κ2) is 6.13. The van der Waals surface area contributed by atoms with Gasteiger partial charge in [0.05, 0.1) is 0 Å². The SMILES string of the molecule is CCNC1C(CN2CC(C)CC2C)CCCC1(C)C. The molecule has 0 aromatic carbocycles. The van der Waals surface area contributed by atoms with Gasteiger partial charge in [0.2, 0.25) is 0 Å². The van der Waals surface area contributed by atoms with Crippen LogP contribution in [0.15, 0.2) is 0 Å². The molecule has 4 atom stereocenters. The van der Waals surface area contributed by atoms with Gasteiger partial charge in [-0.3, -0.25) is 0 Å². The number of likely N-dealkylation sites (tertiary alicyclic amines) is 1. The molecule has 0 bridgehead atoms. The van der Waals surface area contributed by atoms with Crippen LogP contribution in [0.3, 0.4) is 0 Å². The van der Waals surface area contributed by atoms with Crippen LogP contribution in [-0.4, -0.2) is 36.6 Å². The second-order valence-corrected chi connectivity index (χ2v) is 7.82. The maximum atomic E-state index is 3.80. The van der Waals surface area contributed by atoms with E-state index in [0.29, 0.717) is 11.5 Å². The third kappa shape index (κ3) is 3.52. The van der Waals surface area contributed by atoms with Crippen molar-refractivity contribution in [1.82, 2.24) is 10.2 Å². The van der Waals surface area contributed by atoms with Crippen LogP contribution in [0.4, 0.5) is 0 Å². The van der Waals surface area contributed by atoms with Gasteiger partial charge in [0.15, 0.2) is 0 Å². The molecule has 2 fully saturated rings. The number of nitrogens with one attached hydrogen (secondary N) is 1. The molecule has 0 aromatic rings. The quantitative estimate of drug-likeness (QED) is 0.837. The van der Waals surface area contributed by atoms with E-state index in [1.165, 1.54) is 38.8 Å². The Kier molecular flexibility index (Phi) is 4.94. The maximum absolute atomic E-state index is 3.80. The summed E-state index contributed by atoms with van der Waals surface area (Å²) in [5, 5.41) is 3.80. The van der Waals surface area contributed by atoms with Gasteiger partial charge in [0, 0.05) is 25.2 Å². The first-order valence-electron chi connectivity index (χ1n) is 8.41. The normalized spacial score (nSPS) is 39.6. The summed E-state index contributed by atoms with van der Waals surface area (Å²) in [6.45, 7) is 15.7. The first kappa shape index (κ1) is 15.3. The van der Waals surface area contributed by atoms with Crippen molar-refractivity contribution >= 4 is 0 Å². The van der Waals surface area contributed by atoms with Gasteiger partial charge >= 0.3 is 0 Å². The van der Waals surface area contributed by atoms with Crippen LogP contribution in [0, 0.1) is 17.3 Å². The molecule has 1 saturated heterocycles. The highest BCUT2D eigenvalue weighted by Crippen LogP contribution is 2.40. The summed E-state index contributed by atoms with van der Waals surface area (Å²) in [6, 6.07) is 1.50. The molecule has 1 N–H and O–H groups in total. The van der Waals surface area contributed by atoms with Crippen molar-refractivity contribution in [3.63, 3.8) is 0 Å². The smallest absolute Gasteiger partial charge is 0.0159 e. The highest BCUT2D eigenvalue weighted by molar-refractivity contribution is 4.95. The molecule has 1 saturated carbocycles. The molecule has 2 aliphatic rings. The van der Waals surface area contributed by atoms with Gasteiger partial charge in [-0.25, -0.2) is 0 Å². The van der Waals surface area contributed by atoms with E-state index in [9.17, 15) is 0 Å². The van der Waals surface area contributed by atoms with Crippen molar-refractivity contribution in [2.24, 2.45) is 17.3 Å². The summed E-state index contributed by atoms with van der Waals surface area (Å²) >= 11 is 0. The van der Waals surface area contributed by atoms with Crippen LogP contribution in [0.2, 0.25) is 0 Å². The van der Waals surface area contributed by atoms with Gasteiger partial charge in [-0.1, -0.05) is 34.1 Å². The summed E-state index contributed by atoms with van der Waals surface area (Å²) in [5.74, 6) is 1.74. The molecule has 0 spiro atoms. The molecule has 1 aliphatic carbocycles. The Bertz CT molecular complexity index is 287.